The lowest BCUT2D eigenvalue weighted by Gasteiger charge is -2.31. The van der Waals surface area contributed by atoms with E-state index in [0.29, 0.717) is 28.2 Å². The van der Waals surface area contributed by atoms with Gasteiger partial charge in [0.25, 0.3) is 0 Å². The van der Waals surface area contributed by atoms with Crippen LogP contribution in [0.2, 0.25) is 0 Å². The van der Waals surface area contributed by atoms with Gasteiger partial charge in [-0.15, -0.1) is 0 Å². The minimum absolute atomic E-state index is 0.211. The number of sulfonamides is 1. The molecule has 0 amide bonds. The zero-order valence-electron chi connectivity index (χ0n) is 18.3. The first-order chi connectivity index (χ1) is 16.3. The molecule has 1 atom stereocenters. The van der Waals surface area contributed by atoms with Gasteiger partial charge < -0.3 is 4.74 Å². The van der Waals surface area contributed by atoms with Gasteiger partial charge in [-0.05, 0) is 58.6 Å². The maximum Gasteiger partial charge on any atom is 0.309 e. The second-order valence-electron chi connectivity index (χ2n) is 8.15. The van der Waals surface area contributed by atoms with Crippen LogP contribution < -0.4 is 0 Å². The number of benzene rings is 2. The highest BCUT2D eigenvalue weighted by atomic mass is 79.9. The van der Waals surface area contributed by atoms with Gasteiger partial charge >= 0.3 is 5.97 Å². The minimum Gasteiger partial charge on any atom is -0.457 e. The van der Waals surface area contributed by atoms with Crippen molar-refractivity contribution in [2.45, 2.75) is 30.3 Å². The Balaban J connectivity index is 1.43. The highest BCUT2D eigenvalue weighted by Gasteiger charge is 2.34. The van der Waals surface area contributed by atoms with Crippen molar-refractivity contribution in [1.82, 2.24) is 9.29 Å². The molecule has 1 aliphatic rings. The summed E-state index contributed by atoms with van der Waals surface area (Å²) in [6.45, 7) is 0.522. The summed E-state index contributed by atoms with van der Waals surface area (Å²) in [7, 11) is -3.67. The van der Waals surface area contributed by atoms with Crippen molar-refractivity contribution in [3.63, 3.8) is 0 Å². The van der Waals surface area contributed by atoms with E-state index in [1.165, 1.54) is 4.31 Å². The summed E-state index contributed by atoms with van der Waals surface area (Å²) in [5.74, 6) is -0.655. The largest absolute Gasteiger partial charge is 0.457 e. The van der Waals surface area contributed by atoms with Crippen LogP contribution in [0, 0.1) is 5.92 Å². The van der Waals surface area contributed by atoms with Crippen LogP contribution in [-0.4, -0.2) is 36.8 Å². The van der Waals surface area contributed by atoms with Crippen molar-refractivity contribution < 1.29 is 17.9 Å². The third-order valence-electron chi connectivity index (χ3n) is 5.88. The van der Waals surface area contributed by atoms with Crippen LogP contribution in [0.3, 0.4) is 0 Å². The van der Waals surface area contributed by atoms with Crippen LogP contribution in [0.4, 0.5) is 0 Å². The molecule has 1 unspecified atom stereocenters. The standard InChI is InChI=1S/C25H24Br2N2O4S/c26-21-8-9-22(27)24(16-21)34(31,32)29-13-10-19(11-14-29)25(30)33-23(20-7-4-12-28-17-20)15-18-5-2-1-3-6-18/h1-9,12,16-17,19,23H,10-11,13-15H2. The number of esters is 1. The number of halogens is 2. The fourth-order valence-electron chi connectivity index (χ4n) is 4.00. The van der Waals surface area contributed by atoms with Crippen LogP contribution in [0.1, 0.15) is 30.1 Å². The summed E-state index contributed by atoms with van der Waals surface area (Å²) in [6, 6.07) is 18.6. The van der Waals surface area contributed by atoms with Gasteiger partial charge in [-0.3, -0.25) is 9.78 Å². The van der Waals surface area contributed by atoms with Crippen molar-refractivity contribution in [2.75, 3.05) is 13.1 Å². The Bertz CT molecular complexity index is 1230. The molecule has 9 heteroatoms. The zero-order chi connectivity index (χ0) is 24.1. The number of ether oxygens (including phenoxy) is 1. The van der Waals surface area contributed by atoms with Crippen LogP contribution in [0.5, 0.6) is 0 Å². The molecule has 0 aliphatic carbocycles. The van der Waals surface area contributed by atoms with Crippen molar-refractivity contribution in [3.8, 4) is 0 Å². The summed E-state index contributed by atoms with van der Waals surface area (Å²) in [5.41, 5.74) is 1.89. The molecule has 0 spiro atoms. The molecule has 178 valence electrons. The van der Waals surface area contributed by atoms with E-state index < -0.39 is 16.1 Å². The van der Waals surface area contributed by atoms with Crippen molar-refractivity contribution in [1.29, 1.82) is 0 Å². The number of aromatic nitrogens is 1. The summed E-state index contributed by atoms with van der Waals surface area (Å²) in [6.07, 6.45) is 4.31. The normalized spacial score (nSPS) is 16.2. The van der Waals surface area contributed by atoms with E-state index in [0.717, 1.165) is 11.1 Å². The second-order valence-corrected chi connectivity index (χ2v) is 11.8. The highest BCUT2D eigenvalue weighted by molar-refractivity contribution is 9.11. The molecule has 3 aromatic rings. The Hall–Kier alpha value is -2.07. The zero-order valence-corrected chi connectivity index (χ0v) is 22.3. The molecule has 0 bridgehead atoms. The van der Waals surface area contributed by atoms with Crippen molar-refractivity contribution in [3.05, 3.63) is 93.1 Å². The van der Waals surface area contributed by atoms with Crippen LogP contribution in [0.25, 0.3) is 0 Å². The monoisotopic (exact) mass is 606 g/mol. The molecule has 0 saturated carbocycles. The topological polar surface area (TPSA) is 76.6 Å². The Kier molecular flexibility index (Phi) is 8.18. The molecule has 6 nitrogen and oxygen atoms in total. The number of hydrogen-bond acceptors (Lipinski definition) is 5. The van der Waals surface area contributed by atoms with E-state index >= 15 is 0 Å². The molecule has 1 saturated heterocycles. The quantitative estimate of drug-likeness (QED) is 0.330. The lowest BCUT2D eigenvalue weighted by molar-refractivity contribution is -0.155. The smallest absolute Gasteiger partial charge is 0.309 e. The number of pyridine rings is 1. The first-order valence-corrected chi connectivity index (χ1v) is 14.0. The maximum atomic E-state index is 13.2. The Morgan fingerprint density at radius 1 is 1.06 bits per heavy atom. The van der Waals surface area contributed by atoms with E-state index in [-0.39, 0.29) is 29.9 Å². The molecule has 0 N–H and O–H groups in total. The molecule has 0 radical (unpaired) electrons. The number of nitrogens with zero attached hydrogens (tertiary/aromatic N) is 2. The van der Waals surface area contributed by atoms with E-state index in [4.69, 9.17) is 4.74 Å². The van der Waals surface area contributed by atoms with Crippen LogP contribution >= 0.6 is 31.9 Å². The highest BCUT2D eigenvalue weighted by Crippen LogP contribution is 2.32. The molecule has 1 fully saturated rings. The predicted molar refractivity (Wildman–Crippen MR) is 137 cm³/mol. The predicted octanol–water partition coefficient (Wildman–Crippen LogP) is 5.53. The number of piperidine rings is 1. The van der Waals surface area contributed by atoms with E-state index in [9.17, 15) is 13.2 Å². The van der Waals surface area contributed by atoms with E-state index in [1.54, 1.807) is 30.6 Å². The summed E-state index contributed by atoms with van der Waals surface area (Å²) in [4.78, 5) is 17.5. The number of carbonyl (C=O) groups excluding carboxylic acids is 1. The Morgan fingerprint density at radius 3 is 2.47 bits per heavy atom. The SMILES string of the molecule is O=C(OC(Cc1ccccc1)c1cccnc1)C1CCN(S(=O)(=O)c2cc(Br)ccc2Br)CC1. The average molecular weight is 608 g/mol. The molecule has 2 aromatic carbocycles. The first kappa shape index (κ1) is 25.0. The fourth-order valence-corrected chi connectivity index (χ4v) is 6.94. The van der Waals surface area contributed by atoms with Gasteiger partial charge in [0.2, 0.25) is 10.0 Å². The van der Waals surface area contributed by atoms with Crippen LogP contribution in [-0.2, 0) is 26.0 Å². The lowest BCUT2D eigenvalue weighted by atomic mass is 9.97. The first-order valence-electron chi connectivity index (χ1n) is 10.9. The second kappa shape index (κ2) is 11.1. The third-order valence-corrected chi connectivity index (χ3v) is 9.26. The number of hydrogen-bond donors (Lipinski definition) is 0. The Labute approximate surface area is 216 Å². The van der Waals surface area contributed by atoms with Gasteiger partial charge in [-0.2, -0.15) is 4.31 Å². The molecule has 1 aromatic heterocycles. The van der Waals surface area contributed by atoms with Crippen molar-refractivity contribution >= 4 is 47.9 Å². The molecule has 1 aliphatic heterocycles. The van der Waals surface area contributed by atoms with Gasteiger partial charge in [-0.25, -0.2) is 8.42 Å². The summed E-state index contributed by atoms with van der Waals surface area (Å²) < 4.78 is 34.9. The van der Waals surface area contributed by atoms with Gasteiger partial charge in [0.1, 0.15) is 6.10 Å². The number of rotatable bonds is 7. The number of carbonyl (C=O) groups is 1. The molecule has 34 heavy (non-hydrogen) atoms. The molecular formula is C25H24Br2N2O4S. The maximum absolute atomic E-state index is 13.2. The van der Waals surface area contributed by atoms with Crippen molar-refractivity contribution in [2.24, 2.45) is 5.92 Å². The summed E-state index contributed by atoms with van der Waals surface area (Å²) >= 11 is 6.68. The van der Waals surface area contributed by atoms with E-state index in [2.05, 4.69) is 36.8 Å². The Morgan fingerprint density at radius 2 is 1.79 bits per heavy atom. The molecular weight excluding hydrogens is 584 g/mol. The van der Waals surface area contributed by atoms with Gasteiger partial charge in [0, 0.05) is 46.4 Å². The molecule has 2 heterocycles. The van der Waals surface area contributed by atoms with Gasteiger partial charge in [0.05, 0.1) is 10.8 Å². The summed E-state index contributed by atoms with van der Waals surface area (Å²) in [5, 5.41) is 0. The minimum atomic E-state index is -3.67. The van der Waals surface area contributed by atoms with Crippen LogP contribution in [0.15, 0.2) is 86.9 Å². The lowest BCUT2D eigenvalue weighted by Crippen LogP contribution is -2.41. The third kappa shape index (κ3) is 5.94. The average Bonchev–Trinajstić information content (AvgIpc) is 2.86. The fraction of sp³-hybridized carbons (Fsp3) is 0.280. The van der Waals surface area contributed by atoms with E-state index in [1.807, 2.05) is 42.5 Å². The van der Waals surface area contributed by atoms with Gasteiger partial charge in [-0.1, -0.05) is 52.3 Å². The van der Waals surface area contributed by atoms with Gasteiger partial charge in [0.15, 0.2) is 0 Å². The molecule has 4 rings (SSSR count).